The van der Waals surface area contributed by atoms with Crippen molar-refractivity contribution in [1.82, 2.24) is 0 Å². The number of hydrogen-bond donors (Lipinski definition) is 1. The molecule has 1 unspecified atom stereocenters. The van der Waals surface area contributed by atoms with Gasteiger partial charge in [-0.3, -0.25) is 0 Å². The van der Waals surface area contributed by atoms with Crippen molar-refractivity contribution in [2.24, 2.45) is 5.41 Å². The molecule has 1 aliphatic rings. The van der Waals surface area contributed by atoms with Crippen LogP contribution in [0.15, 0.2) is 0 Å². The van der Waals surface area contributed by atoms with E-state index in [1.165, 1.54) is 0 Å². The van der Waals surface area contributed by atoms with Crippen LogP contribution < -0.4 is 0 Å². The monoisotopic (exact) mass is 197 g/mol. The van der Waals surface area contributed by atoms with Crippen LogP contribution in [-0.2, 0) is 4.74 Å². The number of rotatable bonds is 4. The molecule has 0 radical (unpaired) electrons. The van der Waals surface area contributed by atoms with Crippen molar-refractivity contribution in [3.05, 3.63) is 0 Å². The Balaban J connectivity index is 2.54. The molecule has 14 heavy (non-hydrogen) atoms. The summed E-state index contributed by atoms with van der Waals surface area (Å²) in [6.07, 6.45) is 3.67. The fourth-order valence-electron chi connectivity index (χ4n) is 1.93. The third-order valence-corrected chi connectivity index (χ3v) is 3.08. The molecule has 0 spiro atoms. The lowest BCUT2D eigenvalue weighted by Crippen LogP contribution is -2.39. The second-order valence-electron chi connectivity index (χ2n) is 4.04. The van der Waals surface area contributed by atoms with E-state index in [0.29, 0.717) is 26.1 Å². The fraction of sp³-hybridized carbons (Fsp3) is 0.909. The molecule has 80 valence electrons. The molecule has 1 heterocycles. The zero-order valence-electron chi connectivity index (χ0n) is 8.83. The van der Waals surface area contributed by atoms with Crippen LogP contribution in [0.4, 0.5) is 0 Å². The first kappa shape index (κ1) is 11.5. The second kappa shape index (κ2) is 5.33. The zero-order chi connectivity index (χ0) is 10.4. The molecule has 0 saturated carbocycles. The van der Waals surface area contributed by atoms with Crippen LogP contribution in [0.3, 0.4) is 0 Å². The lowest BCUT2D eigenvalue weighted by atomic mass is 9.75. The summed E-state index contributed by atoms with van der Waals surface area (Å²) >= 11 is 0. The number of unbranched alkanes of at least 4 members (excludes halogenated alkanes) is 1. The van der Waals surface area contributed by atoms with Crippen molar-refractivity contribution < 1.29 is 9.84 Å². The van der Waals surface area contributed by atoms with Crippen molar-refractivity contribution in [3.63, 3.8) is 0 Å². The van der Waals surface area contributed by atoms with Gasteiger partial charge in [0.2, 0.25) is 0 Å². The molecule has 1 saturated heterocycles. The molecule has 0 aliphatic carbocycles. The Kier molecular flexibility index (Phi) is 4.37. The van der Waals surface area contributed by atoms with Gasteiger partial charge in [-0.2, -0.15) is 5.26 Å². The highest BCUT2D eigenvalue weighted by Gasteiger charge is 2.39. The summed E-state index contributed by atoms with van der Waals surface area (Å²) in [4.78, 5) is 0. The van der Waals surface area contributed by atoms with Gasteiger partial charge in [0, 0.05) is 13.2 Å². The van der Waals surface area contributed by atoms with Gasteiger partial charge in [-0.15, -0.1) is 0 Å². The Bertz CT molecular complexity index is 204. The second-order valence-corrected chi connectivity index (χ2v) is 4.04. The summed E-state index contributed by atoms with van der Waals surface area (Å²) < 4.78 is 5.22. The highest BCUT2D eigenvalue weighted by atomic mass is 16.5. The van der Waals surface area contributed by atoms with Gasteiger partial charge in [-0.05, 0) is 19.3 Å². The molecule has 0 aromatic rings. The summed E-state index contributed by atoms with van der Waals surface area (Å²) in [6, 6.07) is 2.30. The average Bonchev–Trinajstić information content (AvgIpc) is 2.26. The Morgan fingerprint density at radius 2 is 2.14 bits per heavy atom. The van der Waals surface area contributed by atoms with Crippen molar-refractivity contribution >= 4 is 0 Å². The normalized spacial score (nSPS) is 22.6. The highest BCUT2D eigenvalue weighted by molar-refractivity contribution is 5.04. The maximum absolute atomic E-state index is 9.98. The van der Waals surface area contributed by atoms with E-state index in [9.17, 15) is 5.11 Å². The number of hydrogen-bond acceptors (Lipinski definition) is 3. The quantitative estimate of drug-likeness (QED) is 0.748. The predicted octanol–water partition coefficient (Wildman–Crippen LogP) is 1.86. The average molecular weight is 197 g/mol. The first-order valence-corrected chi connectivity index (χ1v) is 5.42. The minimum Gasteiger partial charge on any atom is -0.391 e. The minimum absolute atomic E-state index is 0.476. The standard InChI is InChI=1S/C11H19NO2/c1-2-3-4-10(13)11(9-12)5-7-14-8-6-11/h10,13H,2-8H2,1H3. The number of nitriles is 1. The summed E-state index contributed by atoms with van der Waals surface area (Å²) in [7, 11) is 0. The molecule has 3 heteroatoms. The van der Waals surface area contributed by atoms with E-state index in [-0.39, 0.29) is 0 Å². The van der Waals surface area contributed by atoms with E-state index in [0.717, 1.165) is 19.3 Å². The lowest BCUT2D eigenvalue weighted by Gasteiger charge is -2.34. The fourth-order valence-corrected chi connectivity index (χ4v) is 1.93. The topological polar surface area (TPSA) is 53.2 Å². The third kappa shape index (κ3) is 2.46. The molecule has 1 rings (SSSR count). The minimum atomic E-state index is -0.534. The Morgan fingerprint density at radius 3 is 2.64 bits per heavy atom. The van der Waals surface area contributed by atoms with Crippen LogP contribution in [-0.4, -0.2) is 24.4 Å². The number of aliphatic hydroxyl groups excluding tert-OH is 1. The molecule has 0 aromatic heterocycles. The first-order chi connectivity index (χ1) is 6.75. The van der Waals surface area contributed by atoms with E-state index in [4.69, 9.17) is 10.00 Å². The Labute approximate surface area is 85.7 Å². The van der Waals surface area contributed by atoms with Crippen LogP contribution in [0, 0.1) is 16.7 Å². The first-order valence-electron chi connectivity index (χ1n) is 5.42. The highest BCUT2D eigenvalue weighted by Crippen LogP contribution is 2.35. The van der Waals surface area contributed by atoms with Crippen LogP contribution in [0.25, 0.3) is 0 Å². The third-order valence-electron chi connectivity index (χ3n) is 3.08. The van der Waals surface area contributed by atoms with Gasteiger partial charge in [0.05, 0.1) is 17.6 Å². The molecule has 0 bridgehead atoms. The molecule has 3 nitrogen and oxygen atoms in total. The van der Waals surface area contributed by atoms with Gasteiger partial charge in [0.1, 0.15) is 0 Å². The van der Waals surface area contributed by atoms with E-state index >= 15 is 0 Å². The molecule has 0 aromatic carbocycles. The molecule has 1 fully saturated rings. The van der Waals surface area contributed by atoms with Gasteiger partial charge in [-0.1, -0.05) is 19.8 Å². The van der Waals surface area contributed by atoms with Crippen molar-refractivity contribution in [2.75, 3.05) is 13.2 Å². The largest absolute Gasteiger partial charge is 0.391 e. The van der Waals surface area contributed by atoms with Gasteiger partial charge in [-0.25, -0.2) is 0 Å². The lowest BCUT2D eigenvalue weighted by molar-refractivity contribution is -0.0332. The predicted molar refractivity (Wildman–Crippen MR) is 53.6 cm³/mol. The van der Waals surface area contributed by atoms with Crippen LogP contribution in [0.5, 0.6) is 0 Å². The van der Waals surface area contributed by atoms with Gasteiger partial charge in [0.25, 0.3) is 0 Å². The van der Waals surface area contributed by atoms with Crippen LogP contribution in [0.1, 0.15) is 39.0 Å². The summed E-state index contributed by atoms with van der Waals surface area (Å²) in [5.74, 6) is 0. The molecular weight excluding hydrogens is 178 g/mol. The van der Waals surface area contributed by atoms with E-state index in [1.807, 2.05) is 0 Å². The van der Waals surface area contributed by atoms with E-state index in [1.54, 1.807) is 0 Å². The van der Waals surface area contributed by atoms with Crippen molar-refractivity contribution in [1.29, 1.82) is 5.26 Å². The molecule has 1 N–H and O–H groups in total. The maximum atomic E-state index is 9.98. The van der Waals surface area contributed by atoms with Crippen LogP contribution in [0.2, 0.25) is 0 Å². The van der Waals surface area contributed by atoms with Gasteiger partial charge >= 0.3 is 0 Å². The van der Waals surface area contributed by atoms with Gasteiger partial charge < -0.3 is 9.84 Å². The van der Waals surface area contributed by atoms with E-state index < -0.39 is 11.5 Å². The molecule has 1 aliphatic heterocycles. The Morgan fingerprint density at radius 1 is 1.50 bits per heavy atom. The van der Waals surface area contributed by atoms with Crippen LogP contribution >= 0.6 is 0 Å². The number of ether oxygens (including phenoxy) is 1. The summed E-state index contributed by atoms with van der Waals surface area (Å²) in [6.45, 7) is 3.31. The summed E-state index contributed by atoms with van der Waals surface area (Å²) in [5, 5.41) is 19.1. The van der Waals surface area contributed by atoms with Gasteiger partial charge in [0.15, 0.2) is 0 Å². The number of aliphatic hydroxyl groups is 1. The van der Waals surface area contributed by atoms with Crippen molar-refractivity contribution in [2.45, 2.75) is 45.1 Å². The molecule has 1 atom stereocenters. The smallest absolute Gasteiger partial charge is 0.0875 e. The molecular formula is C11H19NO2. The van der Waals surface area contributed by atoms with Crippen molar-refractivity contribution in [3.8, 4) is 6.07 Å². The number of nitrogens with zero attached hydrogens (tertiary/aromatic N) is 1. The zero-order valence-corrected chi connectivity index (χ0v) is 8.83. The van der Waals surface area contributed by atoms with E-state index in [2.05, 4.69) is 13.0 Å². The molecule has 0 amide bonds. The maximum Gasteiger partial charge on any atom is 0.0875 e. The summed E-state index contributed by atoms with van der Waals surface area (Å²) in [5.41, 5.74) is -0.534. The Hall–Kier alpha value is -0.590. The SMILES string of the molecule is CCCCC(O)C1(C#N)CCOCC1.